The second-order valence-corrected chi connectivity index (χ2v) is 7.86. The van der Waals surface area contributed by atoms with E-state index in [0.29, 0.717) is 16.6 Å². The van der Waals surface area contributed by atoms with E-state index >= 15 is 0 Å². The largest absolute Gasteiger partial charge is 0.423 e. The average Bonchev–Trinajstić information content (AvgIpc) is 3.40. The Morgan fingerprint density at radius 3 is 2.83 bits per heavy atom. The van der Waals surface area contributed by atoms with Gasteiger partial charge in [0.1, 0.15) is 0 Å². The molecule has 0 bridgehead atoms. The smallest absolute Gasteiger partial charge is 0.248 e. The lowest BCUT2D eigenvalue weighted by atomic mass is 10.1. The predicted octanol–water partition coefficient (Wildman–Crippen LogP) is 6.08. The van der Waals surface area contributed by atoms with Crippen LogP contribution in [0.3, 0.4) is 0 Å². The third-order valence-corrected chi connectivity index (χ3v) is 5.57. The Labute approximate surface area is 176 Å². The molecule has 0 unspecified atom stereocenters. The first-order valence-electron chi connectivity index (χ1n) is 8.80. The van der Waals surface area contributed by atoms with Gasteiger partial charge in [-0.05, 0) is 60.5 Å². The summed E-state index contributed by atoms with van der Waals surface area (Å²) in [4.78, 5) is 14.5. The number of hydrogen-bond donors (Lipinski definition) is 1. The number of rotatable bonds is 5. The van der Waals surface area contributed by atoms with E-state index < -0.39 is 0 Å². The fourth-order valence-electron chi connectivity index (χ4n) is 2.76. The molecule has 0 aliphatic carbocycles. The molecule has 144 valence electrons. The molecular weight excluding hydrogens is 406 g/mol. The van der Waals surface area contributed by atoms with Crippen molar-refractivity contribution in [2.24, 2.45) is 0 Å². The van der Waals surface area contributed by atoms with Crippen molar-refractivity contribution in [3.63, 3.8) is 0 Å². The van der Waals surface area contributed by atoms with E-state index in [0.717, 1.165) is 26.4 Å². The molecule has 7 heteroatoms. The topological polar surface area (TPSA) is 68.0 Å². The Morgan fingerprint density at radius 2 is 2.03 bits per heavy atom. The monoisotopic (exact) mass is 421 g/mol. The van der Waals surface area contributed by atoms with Gasteiger partial charge in [-0.25, -0.2) is 0 Å². The average molecular weight is 422 g/mol. The lowest BCUT2D eigenvalue weighted by molar-refractivity contribution is -0.111. The van der Waals surface area contributed by atoms with Crippen molar-refractivity contribution in [3.8, 4) is 21.9 Å². The van der Waals surface area contributed by atoms with Gasteiger partial charge in [-0.1, -0.05) is 29.8 Å². The van der Waals surface area contributed by atoms with Gasteiger partial charge in [-0.3, -0.25) is 4.79 Å². The molecule has 29 heavy (non-hydrogen) atoms. The number of aryl methyl sites for hydroxylation is 1. The highest BCUT2D eigenvalue weighted by molar-refractivity contribution is 7.16. The van der Waals surface area contributed by atoms with Gasteiger partial charge in [0, 0.05) is 32.1 Å². The maximum absolute atomic E-state index is 12.4. The third kappa shape index (κ3) is 4.62. The summed E-state index contributed by atoms with van der Waals surface area (Å²) in [6, 6.07) is 17.3. The fraction of sp³-hybridized carbons (Fsp3) is 0.0455. The van der Waals surface area contributed by atoms with E-state index in [1.807, 2.05) is 61.5 Å². The van der Waals surface area contributed by atoms with Crippen LogP contribution in [0.5, 0.6) is 0 Å². The summed E-state index contributed by atoms with van der Waals surface area (Å²) in [6.45, 7) is 1.92. The Balaban J connectivity index is 1.46. The van der Waals surface area contributed by atoms with Crippen molar-refractivity contribution in [1.29, 1.82) is 0 Å². The van der Waals surface area contributed by atoms with E-state index in [2.05, 4.69) is 15.5 Å². The summed E-state index contributed by atoms with van der Waals surface area (Å²) < 4.78 is 5.22. The van der Waals surface area contributed by atoms with Gasteiger partial charge in [0.15, 0.2) is 0 Å². The maximum atomic E-state index is 12.4. The molecule has 4 aromatic rings. The van der Waals surface area contributed by atoms with E-state index in [1.165, 1.54) is 12.5 Å². The molecule has 2 heterocycles. The number of carbonyl (C=O) groups is 1. The summed E-state index contributed by atoms with van der Waals surface area (Å²) in [7, 11) is 0. The van der Waals surface area contributed by atoms with E-state index in [1.54, 1.807) is 17.4 Å². The number of hydrogen-bond acceptors (Lipinski definition) is 5. The highest BCUT2D eigenvalue weighted by atomic mass is 35.5. The van der Waals surface area contributed by atoms with Gasteiger partial charge >= 0.3 is 0 Å². The molecule has 0 aliphatic rings. The van der Waals surface area contributed by atoms with Crippen LogP contribution < -0.4 is 5.32 Å². The summed E-state index contributed by atoms with van der Waals surface area (Å²) in [5.74, 6) is 0.191. The van der Waals surface area contributed by atoms with Crippen LogP contribution in [-0.2, 0) is 4.79 Å². The molecule has 5 nitrogen and oxygen atoms in total. The minimum Gasteiger partial charge on any atom is -0.423 e. The zero-order valence-electron chi connectivity index (χ0n) is 15.4. The molecule has 1 amide bonds. The summed E-state index contributed by atoms with van der Waals surface area (Å²) in [5.41, 5.74) is 3.44. The number of benzene rings is 2. The van der Waals surface area contributed by atoms with Crippen molar-refractivity contribution in [2.45, 2.75) is 6.92 Å². The number of aromatic nitrogens is 2. The van der Waals surface area contributed by atoms with Gasteiger partial charge in [0.2, 0.25) is 18.2 Å². The van der Waals surface area contributed by atoms with Gasteiger partial charge in [0.25, 0.3) is 0 Å². The summed E-state index contributed by atoms with van der Waals surface area (Å²) >= 11 is 7.66. The van der Waals surface area contributed by atoms with Crippen LogP contribution in [0.2, 0.25) is 5.02 Å². The molecule has 2 aromatic heterocycles. The molecule has 1 N–H and O–H groups in total. The lowest BCUT2D eigenvalue weighted by Gasteiger charge is -2.07. The van der Waals surface area contributed by atoms with Crippen LogP contribution in [0.25, 0.3) is 28.0 Å². The van der Waals surface area contributed by atoms with E-state index in [-0.39, 0.29) is 5.91 Å². The maximum Gasteiger partial charge on any atom is 0.248 e. The molecular formula is C22H16ClN3O2S. The molecule has 0 saturated carbocycles. The Morgan fingerprint density at radius 1 is 1.14 bits per heavy atom. The number of nitrogens with zero attached hydrogens (tertiary/aromatic N) is 2. The first-order valence-corrected chi connectivity index (χ1v) is 10.00. The van der Waals surface area contributed by atoms with Crippen LogP contribution in [0.1, 0.15) is 10.4 Å². The first-order chi connectivity index (χ1) is 14.1. The van der Waals surface area contributed by atoms with Crippen LogP contribution in [0, 0.1) is 6.92 Å². The highest BCUT2D eigenvalue weighted by Crippen LogP contribution is 2.30. The number of anilines is 1. The molecule has 4 rings (SSSR count). The fourth-order valence-corrected chi connectivity index (χ4v) is 3.86. The van der Waals surface area contributed by atoms with Gasteiger partial charge in [-0.2, -0.15) is 0 Å². The van der Waals surface area contributed by atoms with Crippen molar-refractivity contribution in [1.82, 2.24) is 10.2 Å². The lowest BCUT2D eigenvalue weighted by Crippen LogP contribution is -2.09. The van der Waals surface area contributed by atoms with E-state index in [9.17, 15) is 4.79 Å². The SMILES string of the molecule is Cc1ccc(-c2nnco2)cc1NC(=O)/C=C/c1ccc(-c2cccc(Cl)c2)s1. The molecule has 0 fully saturated rings. The van der Waals surface area contributed by atoms with Gasteiger partial charge in [-0.15, -0.1) is 21.5 Å². The predicted molar refractivity (Wildman–Crippen MR) is 117 cm³/mol. The second kappa shape index (κ2) is 8.43. The normalized spacial score (nSPS) is 11.1. The zero-order chi connectivity index (χ0) is 20.2. The Hall–Kier alpha value is -3.22. The number of carbonyl (C=O) groups excluding carboxylic acids is 1. The first kappa shape index (κ1) is 19.1. The second-order valence-electron chi connectivity index (χ2n) is 6.31. The number of amides is 1. The Kier molecular flexibility index (Phi) is 5.55. The minimum absolute atomic E-state index is 0.214. The van der Waals surface area contributed by atoms with Crippen molar-refractivity contribution in [3.05, 3.63) is 82.5 Å². The standard InChI is InChI=1S/C22H16ClN3O2S/c1-14-5-6-16(22-26-24-13-28-22)12-19(14)25-21(27)10-8-18-7-9-20(29-18)15-3-2-4-17(23)11-15/h2-13H,1H3,(H,25,27)/b10-8+. The van der Waals surface area contributed by atoms with Gasteiger partial charge < -0.3 is 9.73 Å². The summed E-state index contributed by atoms with van der Waals surface area (Å²) in [5, 5.41) is 11.2. The van der Waals surface area contributed by atoms with Crippen LogP contribution in [0.4, 0.5) is 5.69 Å². The molecule has 0 spiro atoms. The molecule has 0 saturated heterocycles. The number of halogens is 1. The van der Waals surface area contributed by atoms with Crippen LogP contribution in [-0.4, -0.2) is 16.1 Å². The van der Waals surface area contributed by atoms with Crippen LogP contribution in [0.15, 0.2) is 71.5 Å². The number of thiophene rings is 1. The zero-order valence-corrected chi connectivity index (χ0v) is 17.0. The Bertz CT molecular complexity index is 1180. The molecule has 0 atom stereocenters. The molecule has 2 aromatic carbocycles. The molecule has 0 radical (unpaired) electrons. The van der Waals surface area contributed by atoms with Crippen molar-refractivity contribution in [2.75, 3.05) is 5.32 Å². The highest BCUT2D eigenvalue weighted by Gasteiger charge is 2.08. The van der Waals surface area contributed by atoms with E-state index in [4.69, 9.17) is 16.0 Å². The third-order valence-electron chi connectivity index (χ3n) is 4.24. The minimum atomic E-state index is -0.214. The van der Waals surface area contributed by atoms with Crippen molar-refractivity contribution < 1.29 is 9.21 Å². The quantitative estimate of drug-likeness (QED) is 0.396. The summed E-state index contributed by atoms with van der Waals surface area (Å²) in [6.07, 6.45) is 4.59. The molecule has 0 aliphatic heterocycles. The van der Waals surface area contributed by atoms with Crippen molar-refractivity contribution >= 4 is 40.6 Å². The van der Waals surface area contributed by atoms with Gasteiger partial charge in [0.05, 0.1) is 0 Å². The number of nitrogens with one attached hydrogen (secondary N) is 1. The van der Waals surface area contributed by atoms with Crippen LogP contribution >= 0.6 is 22.9 Å².